The Kier molecular flexibility index (Phi) is 6.04. The predicted molar refractivity (Wildman–Crippen MR) is 124 cm³/mol. The van der Waals surface area contributed by atoms with Crippen LogP contribution in [-0.4, -0.2) is 37.1 Å². The van der Waals surface area contributed by atoms with E-state index in [-0.39, 0.29) is 23.8 Å². The molecule has 0 spiro atoms. The summed E-state index contributed by atoms with van der Waals surface area (Å²) >= 11 is 0. The number of benzene rings is 1. The lowest BCUT2D eigenvalue weighted by molar-refractivity contribution is -0.124. The van der Waals surface area contributed by atoms with Crippen molar-refractivity contribution >= 4 is 11.8 Å². The molecule has 5 aliphatic rings. The van der Waals surface area contributed by atoms with Crippen LogP contribution < -0.4 is 10.6 Å². The number of hydrogen-bond donors (Lipinski definition) is 2. The number of nitrogens with one attached hydrogen (secondary N) is 2. The monoisotopic (exact) mass is 438 g/mol. The Morgan fingerprint density at radius 1 is 1.03 bits per heavy atom. The van der Waals surface area contributed by atoms with Crippen LogP contribution in [0, 0.1) is 23.7 Å². The van der Waals surface area contributed by atoms with Crippen LogP contribution in [0.25, 0.3) is 0 Å². The molecule has 0 unspecified atom stereocenters. The van der Waals surface area contributed by atoms with Crippen molar-refractivity contribution in [3.63, 3.8) is 0 Å². The van der Waals surface area contributed by atoms with Gasteiger partial charge in [-0.15, -0.1) is 0 Å². The Labute approximate surface area is 192 Å². The highest BCUT2D eigenvalue weighted by Crippen LogP contribution is 2.60. The number of carbonyl (C=O) groups is 2. The Hall–Kier alpha value is -1.88. The van der Waals surface area contributed by atoms with Crippen LogP contribution in [0.1, 0.15) is 81.1 Å². The van der Waals surface area contributed by atoms with Crippen LogP contribution in [0.3, 0.4) is 0 Å². The average Bonchev–Trinajstić information content (AvgIpc) is 3.28. The van der Waals surface area contributed by atoms with Crippen LogP contribution in [0.4, 0.5) is 0 Å². The van der Waals surface area contributed by atoms with E-state index in [1.165, 1.54) is 44.1 Å². The molecule has 1 aromatic rings. The van der Waals surface area contributed by atoms with E-state index < -0.39 is 6.04 Å². The summed E-state index contributed by atoms with van der Waals surface area (Å²) in [6, 6.07) is 7.75. The fraction of sp³-hybridized carbons (Fsp3) is 0.704. The van der Waals surface area contributed by atoms with E-state index in [0.717, 1.165) is 37.2 Å². The number of hydrogen-bond acceptors (Lipinski definition) is 3. The zero-order valence-corrected chi connectivity index (χ0v) is 19.6. The molecule has 4 aliphatic carbocycles. The van der Waals surface area contributed by atoms with Gasteiger partial charge >= 0.3 is 0 Å². The Morgan fingerprint density at radius 2 is 1.66 bits per heavy atom. The Bertz CT molecular complexity index is 806. The topological polar surface area (TPSA) is 67.4 Å². The minimum Gasteiger partial charge on any atom is -0.376 e. The zero-order valence-electron chi connectivity index (χ0n) is 19.6. The van der Waals surface area contributed by atoms with Gasteiger partial charge in [-0.1, -0.05) is 26.0 Å². The van der Waals surface area contributed by atoms with Gasteiger partial charge in [-0.25, -0.2) is 0 Å². The second-order valence-corrected chi connectivity index (χ2v) is 11.4. The van der Waals surface area contributed by atoms with Crippen molar-refractivity contribution in [3.05, 3.63) is 35.4 Å². The van der Waals surface area contributed by atoms with Gasteiger partial charge in [-0.2, -0.15) is 0 Å². The highest BCUT2D eigenvalue weighted by molar-refractivity contribution is 5.97. The molecule has 6 rings (SSSR count). The summed E-state index contributed by atoms with van der Waals surface area (Å²) in [5.74, 6) is 2.43. The molecule has 4 bridgehead atoms. The zero-order chi connectivity index (χ0) is 22.3. The predicted octanol–water partition coefficient (Wildman–Crippen LogP) is 4.20. The summed E-state index contributed by atoms with van der Waals surface area (Å²) in [5.41, 5.74) is 2.39. The molecule has 2 atom stereocenters. The molecular formula is C27H38N2O3. The molecule has 174 valence electrons. The summed E-state index contributed by atoms with van der Waals surface area (Å²) in [4.78, 5) is 25.7. The summed E-state index contributed by atoms with van der Waals surface area (Å²) in [6.45, 7) is 5.21. The van der Waals surface area contributed by atoms with Crippen molar-refractivity contribution in [2.45, 2.75) is 82.8 Å². The van der Waals surface area contributed by atoms with Crippen LogP contribution in [-0.2, 0) is 14.9 Å². The summed E-state index contributed by atoms with van der Waals surface area (Å²) < 4.78 is 5.59. The van der Waals surface area contributed by atoms with Crippen molar-refractivity contribution in [1.82, 2.24) is 10.6 Å². The van der Waals surface area contributed by atoms with E-state index in [4.69, 9.17) is 4.74 Å². The van der Waals surface area contributed by atoms with E-state index in [2.05, 4.69) is 22.8 Å². The maximum Gasteiger partial charge on any atom is 0.251 e. The first-order chi connectivity index (χ1) is 15.4. The minimum absolute atomic E-state index is 0.00902. The lowest BCUT2D eigenvalue weighted by Crippen LogP contribution is -2.51. The SMILES string of the molecule is CC(C)[C@@H](NC(=O)c1ccc(C23CC4CC(CC(C4)C2)C3)cc1)C(=O)NC[C@H]1CCCO1. The van der Waals surface area contributed by atoms with Gasteiger partial charge in [-0.3, -0.25) is 9.59 Å². The second kappa shape index (κ2) is 8.81. The largest absolute Gasteiger partial charge is 0.376 e. The molecule has 1 heterocycles. The molecule has 1 saturated heterocycles. The molecular weight excluding hydrogens is 400 g/mol. The summed E-state index contributed by atoms with van der Waals surface area (Å²) in [5, 5.41) is 5.94. The third-order valence-corrected chi connectivity index (χ3v) is 8.56. The van der Waals surface area contributed by atoms with Gasteiger partial charge in [0.1, 0.15) is 6.04 Å². The van der Waals surface area contributed by atoms with Crippen molar-refractivity contribution in [2.75, 3.05) is 13.2 Å². The lowest BCUT2D eigenvalue weighted by Gasteiger charge is -2.57. The number of rotatable bonds is 7. The third kappa shape index (κ3) is 4.33. The number of amides is 2. The maximum absolute atomic E-state index is 13.0. The van der Waals surface area contributed by atoms with E-state index in [1.54, 1.807) is 0 Å². The molecule has 4 saturated carbocycles. The third-order valence-electron chi connectivity index (χ3n) is 8.56. The van der Waals surface area contributed by atoms with E-state index in [1.807, 2.05) is 26.0 Å². The number of carbonyl (C=O) groups excluding carboxylic acids is 2. The summed E-state index contributed by atoms with van der Waals surface area (Å²) in [6.07, 6.45) is 10.4. The van der Waals surface area contributed by atoms with Gasteiger partial charge in [0, 0.05) is 18.7 Å². The highest BCUT2D eigenvalue weighted by Gasteiger charge is 2.51. The van der Waals surface area contributed by atoms with Gasteiger partial charge in [-0.05, 0) is 98.1 Å². The maximum atomic E-state index is 13.0. The first kappa shape index (κ1) is 21.9. The molecule has 5 fully saturated rings. The van der Waals surface area contributed by atoms with Gasteiger partial charge in [0.05, 0.1) is 6.10 Å². The van der Waals surface area contributed by atoms with Gasteiger partial charge in [0.15, 0.2) is 0 Å². The van der Waals surface area contributed by atoms with E-state index in [0.29, 0.717) is 17.5 Å². The smallest absolute Gasteiger partial charge is 0.251 e. The standard InChI is InChI=1S/C27H38N2O3/c1-17(2)24(26(31)28-16-23-4-3-9-32-23)29-25(30)21-5-7-22(8-6-21)27-13-18-10-19(14-27)12-20(11-18)15-27/h5-8,17-20,23-24H,3-4,9-16H2,1-2H3,(H,28,31)(H,29,30)/t18?,19?,20?,23-,24-,27?/m1/s1. The normalized spacial score (nSPS) is 34.0. The molecule has 2 amide bonds. The Balaban J connectivity index is 1.22. The van der Waals surface area contributed by atoms with Gasteiger partial charge < -0.3 is 15.4 Å². The average molecular weight is 439 g/mol. The lowest BCUT2D eigenvalue weighted by atomic mass is 9.48. The quantitative estimate of drug-likeness (QED) is 0.670. The van der Waals surface area contributed by atoms with Crippen LogP contribution in [0.2, 0.25) is 0 Å². The van der Waals surface area contributed by atoms with E-state index in [9.17, 15) is 9.59 Å². The molecule has 32 heavy (non-hydrogen) atoms. The molecule has 2 N–H and O–H groups in total. The molecule has 5 nitrogen and oxygen atoms in total. The van der Waals surface area contributed by atoms with Crippen molar-refractivity contribution in [2.24, 2.45) is 23.7 Å². The molecule has 0 radical (unpaired) electrons. The second-order valence-electron chi connectivity index (χ2n) is 11.4. The summed E-state index contributed by atoms with van der Waals surface area (Å²) in [7, 11) is 0. The fourth-order valence-corrected chi connectivity index (χ4v) is 7.33. The van der Waals surface area contributed by atoms with Crippen molar-refractivity contribution in [1.29, 1.82) is 0 Å². The van der Waals surface area contributed by atoms with Gasteiger partial charge in [0.25, 0.3) is 5.91 Å². The Morgan fingerprint density at radius 3 is 2.19 bits per heavy atom. The molecule has 1 aliphatic heterocycles. The van der Waals surface area contributed by atoms with Crippen LogP contribution in [0.5, 0.6) is 0 Å². The van der Waals surface area contributed by atoms with Gasteiger partial charge in [0.2, 0.25) is 5.91 Å². The highest BCUT2D eigenvalue weighted by atomic mass is 16.5. The van der Waals surface area contributed by atoms with Crippen molar-refractivity contribution in [3.8, 4) is 0 Å². The van der Waals surface area contributed by atoms with Crippen molar-refractivity contribution < 1.29 is 14.3 Å². The van der Waals surface area contributed by atoms with Crippen LogP contribution in [0.15, 0.2) is 24.3 Å². The fourth-order valence-electron chi connectivity index (χ4n) is 7.33. The molecule has 0 aromatic heterocycles. The number of ether oxygens (including phenoxy) is 1. The molecule has 5 heteroatoms. The van der Waals surface area contributed by atoms with Crippen LogP contribution >= 0.6 is 0 Å². The first-order valence-electron chi connectivity index (χ1n) is 12.7. The minimum atomic E-state index is -0.549. The van der Waals surface area contributed by atoms with E-state index >= 15 is 0 Å². The first-order valence-corrected chi connectivity index (χ1v) is 12.7. The molecule has 1 aromatic carbocycles.